The first kappa shape index (κ1) is 30.2. The Balaban J connectivity index is 1.67. The highest BCUT2D eigenvalue weighted by atomic mass is 28.4. The van der Waals surface area contributed by atoms with Crippen LogP contribution in [-0.4, -0.2) is 44.4 Å². The smallest absolute Gasteiger partial charge is 0.261 e. The molecule has 3 aromatic rings. The van der Waals surface area contributed by atoms with Gasteiger partial charge in [0, 0.05) is 12.3 Å². The summed E-state index contributed by atoms with van der Waals surface area (Å²) in [6, 6.07) is 31.7. The van der Waals surface area contributed by atoms with Crippen LogP contribution in [0.3, 0.4) is 0 Å². The van der Waals surface area contributed by atoms with Gasteiger partial charge in [0.25, 0.3) is 8.32 Å². The number of hydrogen-bond acceptors (Lipinski definition) is 4. The van der Waals surface area contributed by atoms with Crippen LogP contribution in [0.4, 0.5) is 0 Å². The molecule has 0 unspecified atom stereocenters. The summed E-state index contributed by atoms with van der Waals surface area (Å²) in [5.41, 5.74) is 1.14. The first-order valence-corrected chi connectivity index (χ1v) is 16.3. The zero-order valence-electron chi connectivity index (χ0n) is 24.5. The number of aliphatic hydroxyl groups is 1. The number of rotatable bonds is 10. The van der Waals surface area contributed by atoms with Crippen LogP contribution in [0.15, 0.2) is 91.0 Å². The Morgan fingerprint density at radius 2 is 1.48 bits per heavy atom. The maximum Gasteiger partial charge on any atom is 0.261 e. The molecule has 0 saturated carbocycles. The van der Waals surface area contributed by atoms with E-state index < -0.39 is 14.4 Å². The highest BCUT2D eigenvalue weighted by molar-refractivity contribution is 6.99. The molecule has 40 heavy (non-hydrogen) atoms. The van der Waals surface area contributed by atoms with Gasteiger partial charge in [-0.2, -0.15) is 0 Å². The number of hydrogen-bond donors (Lipinski definition) is 1. The summed E-state index contributed by atoms with van der Waals surface area (Å²) in [7, 11) is -2.76. The maximum absolute atomic E-state index is 10.6. The third-order valence-electron chi connectivity index (χ3n) is 7.97. The number of benzene rings is 3. The SMILES string of the molecule is CC#C[C@H](O)C[C@@H]1C[C@H](O[Si](c2ccccc2)(c2ccccc2)C(C)(C)C)[C@@H](C)[C@H](COCc2ccccc2)O1. The number of aliphatic hydroxyl groups excluding tert-OH is 1. The lowest BCUT2D eigenvalue weighted by molar-refractivity contribution is -0.155. The van der Waals surface area contributed by atoms with Crippen LogP contribution in [0.1, 0.15) is 53.0 Å². The minimum atomic E-state index is -2.76. The van der Waals surface area contributed by atoms with Crippen molar-refractivity contribution in [3.05, 3.63) is 96.6 Å². The standard InChI is InChI=1S/C35H44O4Si/c1-6-16-29(36)23-30-24-33(27(2)34(38-30)26-37-25-28-17-10-7-11-18-28)39-40(35(3,4)5,31-19-12-8-13-20-31)32-21-14-9-15-22-32/h7-15,17-22,27,29-30,33-34,36H,23-26H2,1-5H3/t27-,29+,30-,33+,34+/m1/s1. The molecular formula is C35H44O4Si. The summed E-state index contributed by atoms with van der Waals surface area (Å²) < 4.78 is 20.3. The van der Waals surface area contributed by atoms with E-state index >= 15 is 0 Å². The van der Waals surface area contributed by atoms with Crippen molar-refractivity contribution >= 4 is 18.7 Å². The van der Waals surface area contributed by atoms with E-state index in [-0.39, 0.29) is 29.3 Å². The molecule has 212 valence electrons. The molecule has 1 aliphatic rings. The minimum absolute atomic E-state index is 0.0721. The molecule has 0 amide bonds. The molecule has 1 heterocycles. The fourth-order valence-electron chi connectivity index (χ4n) is 5.90. The summed E-state index contributed by atoms with van der Waals surface area (Å²) in [5, 5.41) is 13.0. The van der Waals surface area contributed by atoms with E-state index in [1.54, 1.807) is 6.92 Å². The quantitative estimate of drug-likeness (QED) is 0.257. The Labute approximate surface area is 241 Å². The largest absolute Gasteiger partial charge is 0.404 e. The van der Waals surface area contributed by atoms with Crippen LogP contribution in [0.2, 0.25) is 5.04 Å². The van der Waals surface area contributed by atoms with Gasteiger partial charge in [-0.05, 0) is 34.3 Å². The molecule has 5 atom stereocenters. The van der Waals surface area contributed by atoms with E-state index in [1.807, 2.05) is 18.2 Å². The van der Waals surface area contributed by atoms with Crippen LogP contribution in [0, 0.1) is 17.8 Å². The van der Waals surface area contributed by atoms with Gasteiger partial charge in [-0.3, -0.25) is 0 Å². The summed E-state index contributed by atoms with van der Waals surface area (Å²) >= 11 is 0. The van der Waals surface area contributed by atoms with Gasteiger partial charge in [-0.1, -0.05) is 125 Å². The van der Waals surface area contributed by atoms with Crippen LogP contribution in [-0.2, 0) is 20.5 Å². The predicted octanol–water partition coefficient (Wildman–Crippen LogP) is 5.72. The van der Waals surface area contributed by atoms with Crippen molar-refractivity contribution in [2.75, 3.05) is 6.61 Å². The van der Waals surface area contributed by atoms with Gasteiger partial charge >= 0.3 is 0 Å². The fourth-order valence-corrected chi connectivity index (χ4v) is 10.7. The van der Waals surface area contributed by atoms with Crippen LogP contribution in [0.25, 0.3) is 0 Å². The molecule has 1 N–H and O–H groups in total. The van der Waals surface area contributed by atoms with E-state index in [0.29, 0.717) is 26.1 Å². The maximum atomic E-state index is 10.6. The zero-order valence-corrected chi connectivity index (χ0v) is 25.5. The van der Waals surface area contributed by atoms with Crippen LogP contribution >= 0.6 is 0 Å². The molecule has 0 aliphatic carbocycles. The third-order valence-corrected chi connectivity index (χ3v) is 13.0. The summed E-state index contributed by atoms with van der Waals surface area (Å²) in [5.74, 6) is 5.82. The molecular weight excluding hydrogens is 512 g/mol. The van der Waals surface area contributed by atoms with Gasteiger partial charge in [0.15, 0.2) is 0 Å². The minimum Gasteiger partial charge on any atom is -0.404 e. The molecule has 1 fully saturated rings. The Kier molecular flexibility index (Phi) is 10.4. The Morgan fingerprint density at radius 1 is 0.925 bits per heavy atom. The van der Waals surface area contributed by atoms with E-state index in [0.717, 1.165) is 5.56 Å². The Morgan fingerprint density at radius 3 is 2.00 bits per heavy atom. The lowest BCUT2D eigenvalue weighted by atomic mass is 9.89. The fraction of sp³-hybridized carbons (Fsp3) is 0.429. The van der Waals surface area contributed by atoms with Gasteiger partial charge in [-0.25, -0.2) is 0 Å². The Bertz CT molecular complexity index is 1190. The molecule has 5 heteroatoms. The second kappa shape index (κ2) is 13.8. The second-order valence-corrected chi connectivity index (χ2v) is 16.1. The van der Waals surface area contributed by atoms with E-state index in [4.69, 9.17) is 13.9 Å². The van der Waals surface area contributed by atoms with Gasteiger partial charge in [0.05, 0.1) is 31.5 Å². The van der Waals surface area contributed by atoms with Gasteiger partial charge < -0.3 is 19.0 Å². The molecule has 0 radical (unpaired) electrons. The molecule has 0 aromatic heterocycles. The highest BCUT2D eigenvalue weighted by Crippen LogP contribution is 2.41. The molecule has 1 aliphatic heterocycles. The van der Waals surface area contributed by atoms with Gasteiger partial charge in [0.2, 0.25) is 0 Å². The highest BCUT2D eigenvalue weighted by Gasteiger charge is 2.53. The second-order valence-electron chi connectivity index (χ2n) is 11.9. The van der Waals surface area contributed by atoms with Crippen molar-refractivity contribution in [3.63, 3.8) is 0 Å². The topological polar surface area (TPSA) is 47.9 Å². The normalized spacial score (nSPS) is 22.2. The average molecular weight is 557 g/mol. The summed E-state index contributed by atoms with van der Waals surface area (Å²) in [4.78, 5) is 0. The van der Waals surface area contributed by atoms with Crippen molar-refractivity contribution < 1.29 is 19.0 Å². The molecule has 3 aromatic carbocycles. The predicted molar refractivity (Wildman–Crippen MR) is 165 cm³/mol. The zero-order chi connectivity index (χ0) is 28.6. The lowest BCUT2D eigenvalue weighted by Crippen LogP contribution is -2.69. The van der Waals surface area contributed by atoms with Crippen LogP contribution < -0.4 is 10.4 Å². The summed E-state index contributed by atoms with van der Waals surface area (Å²) in [6.07, 6.45) is 0.000146. The van der Waals surface area contributed by atoms with Crippen molar-refractivity contribution in [2.24, 2.45) is 5.92 Å². The first-order chi connectivity index (χ1) is 19.2. The lowest BCUT2D eigenvalue weighted by Gasteiger charge is -2.49. The van der Waals surface area contributed by atoms with E-state index in [1.165, 1.54) is 10.4 Å². The third kappa shape index (κ3) is 7.12. The van der Waals surface area contributed by atoms with Crippen molar-refractivity contribution in [3.8, 4) is 11.8 Å². The average Bonchev–Trinajstić information content (AvgIpc) is 2.95. The molecule has 1 saturated heterocycles. The Hall–Kier alpha value is -2.72. The van der Waals surface area contributed by atoms with Gasteiger partial charge in [-0.15, -0.1) is 5.92 Å². The molecule has 0 bridgehead atoms. The van der Waals surface area contributed by atoms with Crippen molar-refractivity contribution in [1.29, 1.82) is 0 Å². The molecule has 4 rings (SSSR count). The monoisotopic (exact) mass is 556 g/mol. The van der Waals surface area contributed by atoms with E-state index in [9.17, 15) is 5.11 Å². The van der Waals surface area contributed by atoms with Crippen molar-refractivity contribution in [2.45, 2.75) is 83.5 Å². The van der Waals surface area contributed by atoms with Gasteiger partial charge in [0.1, 0.15) is 6.10 Å². The van der Waals surface area contributed by atoms with Crippen LogP contribution in [0.5, 0.6) is 0 Å². The van der Waals surface area contributed by atoms with E-state index in [2.05, 4.69) is 112 Å². The summed E-state index contributed by atoms with van der Waals surface area (Å²) in [6.45, 7) is 11.9. The number of ether oxygens (including phenoxy) is 2. The first-order valence-electron chi connectivity index (χ1n) is 14.4. The molecule has 0 spiro atoms. The molecule has 4 nitrogen and oxygen atoms in total. The van der Waals surface area contributed by atoms with Crippen molar-refractivity contribution in [1.82, 2.24) is 0 Å².